The number of nitrogens with one attached hydrogen (secondary N) is 1. The van der Waals surface area contributed by atoms with Crippen LogP contribution in [0.4, 0.5) is 5.82 Å². The quantitative estimate of drug-likeness (QED) is 0.862. The molecule has 1 heterocycles. The molecule has 0 radical (unpaired) electrons. The summed E-state index contributed by atoms with van der Waals surface area (Å²) in [6.45, 7) is 0.786. The molecule has 94 valence electrons. The fraction of sp³-hybridized carbons (Fsp3) is 0.583. The van der Waals surface area contributed by atoms with Crippen molar-refractivity contribution in [1.29, 1.82) is 0 Å². The summed E-state index contributed by atoms with van der Waals surface area (Å²) in [4.78, 5) is 4.30. The van der Waals surface area contributed by atoms with Crippen LogP contribution in [0.3, 0.4) is 0 Å². The average Bonchev–Trinajstić information content (AvgIpc) is 2.30. The Balaban J connectivity index is 1.92. The van der Waals surface area contributed by atoms with Crippen LogP contribution in [-0.2, 0) is 0 Å². The minimum Gasteiger partial charge on any atom is -0.393 e. The monoisotopic (exact) mass is 362 g/mol. The van der Waals surface area contributed by atoms with Crippen LogP contribution in [0.25, 0.3) is 0 Å². The maximum Gasteiger partial charge on any atom is 0.140 e. The van der Waals surface area contributed by atoms with Gasteiger partial charge in [0.25, 0.3) is 0 Å². The molecule has 2 rings (SSSR count). The molecule has 1 aromatic heterocycles. The van der Waals surface area contributed by atoms with Crippen molar-refractivity contribution in [3.8, 4) is 0 Å². The van der Waals surface area contributed by atoms with Gasteiger partial charge in [-0.2, -0.15) is 0 Å². The van der Waals surface area contributed by atoms with Crippen LogP contribution in [0.1, 0.15) is 25.7 Å². The van der Waals surface area contributed by atoms with Gasteiger partial charge in [-0.15, -0.1) is 0 Å². The van der Waals surface area contributed by atoms with Crippen molar-refractivity contribution in [3.63, 3.8) is 0 Å². The van der Waals surface area contributed by atoms with Gasteiger partial charge < -0.3 is 10.4 Å². The summed E-state index contributed by atoms with van der Waals surface area (Å²) in [5, 5.41) is 13.2. The molecular formula is C12H16Br2N2O. The van der Waals surface area contributed by atoms with E-state index >= 15 is 0 Å². The lowest BCUT2D eigenvalue weighted by atomic mass is 9.86. The fourth-order valence-electron chi connectivity index (χ4n) is 2.20. The normalized spacial score (nSPS) is 24.6. The van der Waals surface area contributed by atoms with Crippen molar-refractivity contribution in [3.05, 3.63) is 21.2 Å². The van der Waals surface area contributed by atoms with Crippen LogP contribution in [-0.4, -0.2) is 22.7 Å². The van der Waals surface area contributed by atoms with Crippen molar-refractivity contribution in [2.75, 3.05) is 11.9 Å². The zero-order valence-electron chi connectivity index (χ0n) is 9.50. The standard InChI is InChI=1S/C12H16Br2N2O/c13-9-5-10(14)12(16-7-9)15-6-8-3-1-2-4-11(8)17/h5,7-8,11,17H,1-4,6H2,(H,15,16). The summed E-state index contributed by atoms with van der Waals surface area (Å²) in [7, 11) is 0. The fourth-order valence-corrected chi connectivity index (χ4v) is 3.33. The van der Waals surface area contributed by atoms with Crippen molar-refractivity contribution in [2.24, 2.45) is 5.92 Å². The highest BCUT2D eigenvalue weighted by Gasteiger charge is 2.22. The molecule has 0 spiro atoms. The molecule has 2 unspecified atom stereocenters. The zero-order chi connectivity index (χ0) is 12.3. The molecule has 0 aliphatic heterocycles. The van der Waals surface area contributed by atoms with Gasteiger partial charge in [0.1, 0.15) is 5.82 Å². The molecule has 2 N–H and O–H groups in total. The molecule has 0 bridgehead atoms. The van der Waals surface area contributed by atoms with Gasteiger partial charge in [-0.25, -0.2) is 4.98 Å². The number of aromatic nitrogens is 1. The Morgan fingerprint density at radius 2 is 2.12 bits per heavy atom. The first kappa shape index (κ1) is 13.3. The van der Waals surface area contributed by atoms with Crippen molar-refractivity contribution >= 4 is 37.7 Å². The number of pyridine rings is 1. The van der Waals surface area contributed by atoms with Gasteiger partial charge in [0.05, 0.1) is 10.6 Å². The van der Waals surface area contributed by atoms with E-state index < -0.39 is 0 Å². The molecular weight excluding hydrogens is 348 g/mol. The van der Waals surface area contributed by atoms with E-state index in [1.165, 1.54) is 6.42 Å². The highest BCUT2D eigenvalue weighted by Crippen LogP contribution is 2.27. The molecule has 17 heavy (non-hydrogen) atoms. The number of nitrogens with zero attached hydrogens (tertiary/aromatic N) is 1. The van der Waals surface area contributed by atoms with E-state index in [2.05, 4.69) is 42.2 Å². The largest absolute Gasteiger partial charge is 0.393 e. The average molecular weight is 364 g/mol. The molecule has 1 aliphatic carbocycles. The minimum atomic E-state index is -0.162. The maximum atomic E-state index is 9.88. The van der Waals surface area contributed by atoms with Gasteiger partial charge in [0.2, 0.25) is 0 Å². The Morgan fingerprint density at radius 3 is 2.82 bits per heavy atom. The maximum absolute atomic E-state index is 9.88. The van der Waals surface area contributed by atoms with Crippen molar-refractivity contribution < 1.29 is 5.11 Å². The van der Waals surface area contributed by atoms with E-state index in [1.807, 2.05) is 6.07 Å². The van der Waals surface area contributed by atoms with Gasteiger partial charge >= 0.3 is 0 Å². The van der Waals surface area contributed by atoms with Gasteiger partial charge in [-0.05, 0) is 50.8 Å². The van der Waals surface area contributed by atoms with Crippen molar-refractivity contribution in [2.45, 2.75) is 31.8 Å². The number of hydrogen-bond donors (Lipinski definition) is 2. The SMILES string of the molecule is OC1CCCCC1CNc1ncc(Br)cc1Br. The van der Waals surface area contributed by atoms with E-state index in [1.54, 1.807) is 6.20 Å². The predicted octanol–water partition coefficient (Wildman–Crippen LogP) is 3.57. The number of halogens is 2. The number of aliphatic hydroxyl groups is 1. The molecule has 2 atom stereocenters. The van der Waals surface area contributed by atoms with E-state index in [0.29, 0.717) is 5.92 Å². The van der Waals surface area contributed by atoms with E-state index in [-0.39, 0.29) is 6.10 Å². The Kier molecular flexibility index (Phi) is 4.82. The summed E-state index contributed by atoms with van der Waals surface area (Å²) in [6.07, 6.45) is 6.01. The lowest BCUT2D eigenvalue weighted by Gasteiger charge is -2.27. The van der Waals surface area contributed by atoms with Crippen LogP contribution in [0.15, 0.2) is 21.2 Å². The van der Waals surface area contributed by atoms with E-state index in [9.17, 15) is 5.11 Å². The zero-order valence-corrected chi connectivity index (χ0v) is 12.7. The summed E-state index contributed by atoms with van der Waals surface area (Å²) in [5.74, 6) is 1.19. The molecule has 3 nitrogen and oxygen atoms in total. The van der Waals surface area contributed by atoms with Gasteiger partial charge in [0, 0.05) is 23.1 Å². The summed E-state index contributed by atoms with van der Waals surface area (Å²) in [5.41, 5.74) is 0. The second kappa shape index (κ2) is 6.16. The van der Waals surface area contributed by atoms with E-state index in [0.717, 1.165) is 40.6 Å². The molecule has 5 heteroatoms. The smallest absolute Gasteiger partial charge is 0.140 e. The Morgan fingerprint density at radius 1 is 1.35 bits per heavy atom. The Labute approximate surface area is 118 Å². The predicted molar refractivity (Wildman–Crippen MR) is 76.1 cm³/mol. The van der Waals surface area contributed by atoms with Crippen LogP contribution in [0, 0.1) is 5.92 Å². The van der Waals surface area contributed by atoms with Gasteiger partial charge in [0.15, 0.2) is 0 Å². The van der Waals surface area contributed by atoms with Gasteiger partial charge in [-0.1, -0.05) is 12.8 Å². The summed E-state index contributed by atoms with van der Waals surface area (Å²) < 4.78 is 1.89. The molecule has 1 aliphatic rings. The molecule has 1 aromatic rings. The summed E-state index contributed by atoms with van der Waals surface area (Å²) >= 11 is 6.84. The van der Waals surface area contributed by atoms with Crippen molar-refractivity contribution in [1.82, 2.24) is 4.98 Å². The van der Waals surface area contributed by atoms with E-state index in [4.69, 9.17) is 0 Å². The minimum absolute atomic E-state index is 0.162. The first-order valence-electron chi connectivity index (χ1n) is 5.90. The number of rotatable bonds is 3. The second-order valence-electron chi connectivity index (χ2n) is 4.48. The number of anilines is 1. The van der Waals surface area contributed by atoms with Gasteiger partial charge in [-0.3, -0.25) is 0 Å². The summed E-state index contributed by atoms with van der Waals surface area (Å²) in [6, 6.07) is 1.96. The van der Waals surface area contributed by atoms with Crippen LogP contribution in [0.5, 0.6) is 0 Å². The Hall–Kier alpha value is -0.130. The van der Waals surface area contributed by atoms with Crippen LogP contribution in [0.2, 0.25) is 0 Å². The highest BCUT2D eigenvalue weighted by atomic mass is 79.9. The second-order valence-corrected chi connectivity index (χ2v) is 6.25. The highest BCUT2D eigenvalue weighted by molar-refractivity contribution is 9.11. The third-order valence-corrected chi connectivity index (χ3v) is 4.25. The molecule has 1 fully saturated rings. The molecule has 0 aromatic carbocycles. The lowest BCUT2D eigenvalue weighted by molar-refractivity contribution is 0.0763. The van der Waals surface area contributed by atoms with Crippen LogP contribution < -0.4 is 5.32 Å². The Bertz CT molecular complexity index is 387. The first-order valence-corrected chi connectivity index (χ1v) is 7.48. The first-order chi connectivity index (χ1) is 8.16. The number of aliphatic hydroxyl groups excluding tert-OH is 1. The molecule has 0 amide bonds. The molecule has 1 saturated carbocycles. The third-order valence-electron chi connectivity index (χ3n) is 3.21. The van der Waals surface area contributed by atoms with Crippen LogP contribution >= 0.6 is 31.9 Å². The topological polar surface area (TPSA) is 45.1 Å². The number of hydrogen-bond acceptors (Lipinski definition) is 3. The third kappa shape index (κ3) is 3.66. The molecule has 0 saturated heterocycles. The lowest BCUT2D eigenvalue weighted by Crippen LogP contribution is -2.30.